The summed E-state index contributed by atoms with van der Waals surface area (Å²) in [4.78, 5) is 2.26. The van der Waals surface area contributed by atoms with Gasteiger partial charge in [0.2, 0.25) is 0 Å². The zero-order chi connectivity index (χ0) is 9.10. The summed E-state index contributed by atoms with van der Waals surface area (Å²) in [6.07, 6.45) is 1.78. The van der Waals surface area contributed by atoms with Crippen LogP contribution in [0.2, 0.25) is 0 Å². The quantitative estimate of drug-likeness (QED) is 0.666. The highest BCUT2D eigenvalue weighted by Gasteiger charge is 2.11. The molecule has 0 atom stereocenters. The van der Waals surface area contributed by atoms with Gasteiger partial charge in [0.05, 0.1) is 6.20 Å². The molecular formula is C9H14N4. The lowest BCUT2D eigenvalue weighted by molar-refractivity contribution is 0.582. The summed E-state index contributed by atoms with van der Waals surface area (Å²) in [6, 6.07) is 2.08. The second-order valence-corrected chi connectivity index (χ2v) is 3.33. The van der Waals surface area contributed by atoms with Gasteiger partial charge in [0, 0.05) is 26.2 Å². The fourth-order valence-corrected chi connectivity index (χ4v) is 1.50. The Morgan fingerprint density at radius 1 is 1.38 bits per heavy atom. The van der Waals surface area contributed by atoms with E-state index in [-0.39, 0.29) is 0 Å². The third-order valence-corrected chi connectivity index (χ3v) is 2.22. The molecule has 2 rings (SSSR count). The molecule has 1 N–H and O–H groups in total. The fraction of sp³-hybridized carbons (Fsp3) is 0.556. The van der Waals surface area contributed by atoms with Crippen molar-refractivity contribution in [2.75, 3.05) is 31.1 Å². The van der Waals surface area contributed by atoms with E-state index in [9.17, 15) is 0 Å². The molecule has 0 amide bonds. The molecule has 4 heteroatoms. The maximum atomic E-state index is 4.11. The van der Waals surface area contributed by atoms with Crippen molar-refractivity contribution in [3.05, 3.63) is 17.8 Å². The molecule has 1 fully saturated rings. The Bertz CT molecular complexity index is 281. The molecule has 0 radical (unpaired) electrons. The van der Waals surface area contributed by atoms with E-state index in [0.717, 1.165) is 32.0 Å². The van der Waals surface area contributed by atoms with E-state index >= 15 is 0 Å². The van der Waals surface area contributed by atoms with E-state index in [4.69, 9.17) is 0 Å². The molecule has 0 aliphatic carbocycles. The van der Waals surface area contributed by atoms with E-state index in [1.807, 2.05) is 6.92 Å². The molecule has 0 unspecified atom stereocenters. The van der Waals surface area contributed by atoms with Crippen LogP contribution in [0.3, 0.4) is 0 Å². The SMILES string of the molecule is Cc1cnnc(N2CCNCC2)c1. The zero-order valence-corrected chi connectivity index (χ0v) is 7.82. The second kappa shape index (κ2) is 3.70. The molecule has 0 bridgehead atoms. The lowest BCUT2D eigenvalue weighted by atomic mass is 10.3. The highest BCUT2D eigenvalue weighted by molar-refractivity contribution is 5.39. The van der Waals surface area contributed by atoms with Crippen molar-refractivity contribution in [2.24, 2.45) is 0 Å². The number of aryl methyl sites for hydroxylation is 1. The van der Waals surface area contributed by atoms with Gasteiger partial charge in [-0.15, -0.1) is 5.10 Å². The average Bonchev–Trinajstić information content (AvgIpc) is 2.19. The van der Waals surface area contributed by atoms with Crippen LogP contribution < -0.4 is 10.2 Å². The summed E-state index contributed by atoms with van der Waals surface area (Å²) < 4.78 is 0. The Hall–Kier alpha value is -1.16. The second-order valence-electron chi connectivity index (χ2n) is 3.33. The molecule has 0 aromatic carbocycles. The minimum atomic E-state index is 1.00. The maximum absolute atomic E-state index is 4.11. The lowest BCUT2D eigenvalue weighted by Gasteiger charge is -2.27. The summed E-state index contributed by atoms with van der Waals surface area (Å²) >= 11 is 0. The number of anilines is 1. The molecule has 1 aliphatic rings. The molecule has 0 spiro atoms. The van der Waals surface area contributed by atoms with Gasteiger partial charge >= 0.3 is 0 Å². The van der Waals surface area contributed by atoms with Gasteiger partial charge in [0.1, 0.15) is 0 Å². The Kier molecular flexibility index (Phi) is 2.40. The first-order valence-electron chi connectivity index (χ1n) is 4.61. The number of piperazine rings is 1. The summed E-state index contributed by atoms with van der Waals surface area (Å²) in [5.41, 5.74) is 1.17. The van der Waals surface area contributed by atoms with E-state index < -0.39 is 0 Å². The van der Waals surface area contributed by atoms with Gasteiger partial charge in [-0.1, -0.05) is 0 Å². The molecule has 0 saturated carbocycles. The highest BCUT2D eigenvalue weighted by atomic mass is 15.3. The predicted molar refractivity (Wildman–Crippen MR) is 51.9 cm³/mol. The first-order chi connectivity index (χ1) is 6.36. The molecule has 1 aromatic heterocycles. The van der Waals surface area contributed by atoms with Gasteiger partial charge in [0.15, 0.2) is 5.82 Å². The average molecular weight is 178 g/mol. The van der Waals surface area contributed by atoms with Crippen LogP contribution in [0.15, 0.2) is 12.3 Å². The molecule has 1 aliphatic heterocycles. The fourth-order valence-electron chi connectivity index (χ4n) is 1.50. The van der Waals surface area contributed by atoms with E-state index in [0.29, 0.717) is 0 Å². The predicted octanol–water partition coefficient (Wildman–Crippen LogP) is 0.195. The van der Waals surface area contributed by atoms with Crippen molar-refractivity contribution in [3.8, 4) is 0 Å². The smallest absolute Gasteiger partial charge is 0.151 e. The van der Waals surface area contributed by atoms with Crippen molar-refractivity contribution in [2.45, 2.75) is 6.92 Å². The van der Waals surface area contributed by atoms with Crippen molar-refractivity contribution in [1.29, 1.82) is 0 Å². The van der Waals surface area contributed by atoms with Gasteiger partial charge in [-0.2, -0.15) is 5.10 Å². The molecule has 13 heavy (non-hydrogen) atoms. The molecular weight excluding hydrogens is 164 g/mol. The molecule has 2 heterocycles. The van der Waals surface area contributed by atoms with Gasteiger partial charge in [-0.3, -0.25) is 0 Å². The lowest BCUT2D eigenvalue weighted by Crippen LogP contribution is -2.44. The number of rotatable bonds is 1. The largest absolute Gasteiger partial charge is 0.353 e. The normalized spacial score (nSPS) is 17.5. The summed E-state index contributed by atoms with van der Waals surface area (Å²) in [5, 5.41) is 11.4. The van der Waals surface area contributed by atoms with Gasteiger partial charge in [-0.25, -0.2) is 0 Å². The topological polar surface area (TPSA) is 41.1 Å². The van der Waals surface area contributed by atoms with Crippen LogP contribution >= 0.6 is 0 Å². The first-order valence-corrected chi connectivity index (χ1v) is 4.61. The Balaban J connectivity index is 2.14. The van der Waals surface area contributed by atoms with Crippen molar-refractivity contribution < 1.29 is 0 Å². The summed E-state index contributed by atoms with van der Waals surface area (Å²) in [7, 11) is 0. The highest BCUT2D eigenvalue weighted by Crippen LogP contribution is 2.10. The van der Waals surface area contributed by atoms with Crippen LogP contribution in [0.25, 0.3) is 0 Å². The maximum Gasteiger partial charge on any atom is 0.151 e. The Morgan fingerprint density at radius 3 is 2.85 bits per heavy atom. The van der Waals surface area contributed by atoms with Crippen LogP contribution in [-0.4, -0.2) is 36.4 Å². The standard InChI is InChI=1S/C9H14N4/c1-8-6-9(12-11-7-8)13-4-2-10-3-5-13/h6-7,10H,2-5H2,1H3. The summed E-state index contributed by atoms with van der Waals surface area (Å²) in [6.45, 7) is 6.17. The Labute approximate surface area is 78.0 Å². The Morgan fingerprint density at radius 2 is 2.15 bits per heavy atom. The minimum absolute atomic E-state index is 1.00. The zero-order valence-electron chi connectivity index (χ0n) is 7.82. The number of nitrogens with one attached hydrogen (secondary N) is 1. The monoisotopic (exact) mass is 178 g/mol. The van der Waals surface area contributed by atoms with Gasteiger partial charge in [0.25, 0.3) is 0 Å². The van der Waals surface area contributed by atoms with E-state index in [1.165, 1.54) is 5.56 Å². The van der Waals surface area contributed by atoms with Gasteiger partial charge < -0.3 is 10.2 Å². The molecule has 4 nitrogen and oxygen atoms in total. The van der Waals surface area contributed by atoms with E-state index in [2.05, 4.69) is 26.5 Å². The van der Waals surface area contributed by atoms with Crippen LogP contribution in [0.4, 0.5) is 5.82 Å². The third-order valence-electron chi connectivity index (χ3n) is 2.22. The van der Waals surface area contributed by atoms with Crippen molar-refractivity contribution in [3.63, 3.8) is 0 Å². The van der Waals surface area contributed by atoms with Crippen molar-refractivity contribution in [1.82, 2.24) is 15.5 Å². The van der Waals surface area contributed by atoms with Crippen molar-refractivity contribution >= 4 is 5.82 Å². The summed E-state index contributed by atoms with van der Waals surface area (Å²) in [5.74, 6) is 1.00. The number of nitrogens with zero attached hydrogens (tertiary/aromatic N) is 3. The van der Waals surface area contributed by atoms with E-state index in [1.54, 1.807) is 6.20 Å². The van der Waals surface area contributed by atoms with Crippen LogP contribution in [0.5, 0.6) is 0 Å². The van der Waals surface area contributed by atoms with Gasteiger partial charge in [-0.05, 0) is 18.6 Å². The number of hydrogen-bond acceptors (Lipinski definition) is 4. The number of aromatic nitrogens is 2. The first kappa shape index (κ1) is 8.44. The molecule has 1 aromatic rings. The number of hydrogen-bond donors (Lipinski definition) is 1. The van der Waals surface area contributed by atoms with Crippen LogP contribution in [-0.2, 0) is 0 Å². The van der Waals surface area contributed by atoms with Crippen LogP contribution in [0, 0.1) is 6.92 Å². The minimum Gasteiger partial charge on any atom is -0.353 e. The molecule has 1 saturated heterocycles. The third kappa shape index (κ3) is 1.95. The molecule has 70 valence electrons. The van der Waals surface area contributed by atoms with Crippen LogP contribution in [0.1, 0.15) is 5.56 Å².